The maximum Gasteiger partial charge on any atom is 0.260 e. The summed E-state index contributed by atoms with van der Waals surface area (Å²) in [7, 11) is 0. The van der Waals surface area contributed by atoms with Crippen LogP contribution in [0, 0.1) is 0 Å². The fraction of sp³-hybridized carbons (Fsp3) is 0. The third-order valence-corrected chi connectivity index (χ3v) is 3.25. The lowest BCUT2D eigenvalue weighted by Gasteiger charge is -2.07. The van der Waals surface area contributed by atoms with E-state index in [1.165, 1.54) is 0 Å². The molecular weight excluding hydrogens is 262 g/mol. The van der Waals surface area contributed by atoms with Gasteiger partial charge in [0.15, 0.2) is 0 Å². The zero-order chi connectivity index (χ0) is 13.4. The molecule has 0 amide bonds. The number of H-pyrrole nitrogens is 1. The molecule has 4 heteroatoms. The first kappa shape index (κ1) is 11.8. The first-order valence-corrected chi connectivity index (χ1v) is 6.14. The van der Waals surface area contributed by atoms with Gasteiger partial charge >= 0.3 is 0 Å². The Morgan fingerprint density at radius 3 is 2.53 bits per heavy atom. The number of nitrogens with one attached hydrogen (secondary N) is 1. The Morgan fingerprint density at radius 1 is 1.05 bits per heavy atom. The van der Waals surface area contributed by atoms with Crippen LogP contribution in [0.2, 0.25) is 5.02 Å². The standard InChI is InChI=1S/C15H10ClNO2/c16-10-6-7-11-12(8-10)17-15(19)13(14(11)18)9-4-2-1-3-5-9/h1-8H,(H2,17,18,19). The maximum atomic E-state index is 12.1. The van der Waals surface area contributed by atoms with Crippen molar-refractivity contribution < 1.29 is 5.11 Å². The number of benzene rings is 2. The van der Waals surface area contributed by atoms with Crippen LogP contribution in [-0.2, 0) is 0 Å². The molecule has 0 aliphatic carbocycles. The molecule has 0 radical (unpaired) electrons. The second kappa shape index (κ2) is 4.44. The van der Waals surface area contributed by atoms with Crippen LogP contribution in [0.3, 0.4) is 0 Å². The molecule has 1 heterocycles. The highest BCUT2D eigenvalue weighted by Gasteiger charge is 2.13. The summed E-state index contributed by atoms with van der Waals surface area (Å²) in [6.45, 7) is 0. The van der Waals surface area contributed by atoms with Crippen LogP contribution in [-0.4, -0.2) is 10.1 Å². The quantitative estimate of drug-likeness (QED) is 0.711. The lowest BCUT2D eigenvalue weighted by Crippen LogP contribution is -2.09. The minimum atomic E-state index is -0.335. The third kappa shape index (κ3) is 1.98. The van der Waals surface area contributed by atoms with Gasteiger partial charge in [0.25, 0.3) is 5.56 Å². The zero-order valence-electron chi connectivity index (χ0n) is 9.85. The average molecular weight is 272 g/mol. The molecule has 3 aromatic rings. The molecule has 0 atom stereocenters. The average Bonchev–Trinajstić information content (AvgIpc) is 2.39. The summed E-state index contributed by atoms with van der Waals surface area (Å²) in [6, 6.07) is 14.0. The van der Waals surface area contributed by atoms with Crippen molar-refractivity contribution in [2.45, 2.75) is 0 Å². The van der Waals surface area contributed by atoms with Crippen molar-refractivity contribution in [2.75, 3.05) is 0 Å². The van der Waals surface area contributed by atoms with Gasteiger partial charge in [-0.1, -0.05) is 41.9 Å². The van der Waals surface area contributed by atoms with E-state index in [4.69, 9.17) is 11.6 Å². The molecular formula is C15H10ClNO2. The first-order chi connectivity index (χ1) is 9.16. The summed E-state index contributed by atoms with van der Waals surface area (Å²) >= 11 is 5.88. The molecule has 19 heavy (non-hydrogen) atoms. The van der Waals surface area contributed by atoms with Crippen LogP contribution in [0.25, 0.3) is 22.0 Å². The van der Waals surface area contributed by atoms with Crippen molar-refractivity contribution >= 4 is 22.5 Å². The molecule has 0 spiro atoms. The van der Waals surface area contributed by atoms with E-state index in [-0.39, 0.29) is 16.9 Å². The van der Waals surface area contributed by atoms with Crippen LogP contribution < -0.4 is 5.56 Å². The van der Waals surface area contributed by atoms with Gasteiger partial charge in [-0.15, -0.1) is 0 Å². The molecule has 0 unspecified atom stereocenters. The molecule has 2 aromatic carbocycles. The highest BCUT2D eigenvalue weighted by atomic mass is 35.5. The summed E-state index contributed by atoms with van der Waals surface area (Å²) in [6.07, 6.45) is 0. The van der Waals surface area contributed by atoms with Gasteiger partial charge < -0.3 is 10.1 Å². The number of fused-ring (bicyclic) bond motifs is 1. The fourth-order valence-electron chi connectivity index (χ4n) is 2.13. The second-order valence-corrected chi connectivity index (χ2v) is 4.67. The number of halogens is 1. The molecule has 0 fully saturated rings. The first-order valence-electron chi connectivity index (χ1n) is 5.77. The topological polar surface area (TPSA) is 53.1 Å². The molecule has 0 saturated carbocycles. The predicted molar refractivity (Wildman–Crippen MR) is 76.7 cm³/mol. The SMILES string of the molecule is O=c1[nH]c2cc(Cl)ccc2c(O)c1-c1ccccc1. The molecule has 1 aromatic heterocycles. The van der Waals surface area contributed by atoms with Crippen molar-refractivity contribution in [1.82, 2.24) is 4.98 Å². The number of pyridine rings is 1. The van der Waals surface area contributed by atoms with Crippen LogP contribution in [0.4, 0.5) is 0 Å². The van der Waals surface area contributed by atoms with E-state index < -0.39 is 0 Å². The highest BCUT2D eigenvalue weighted by molar-refractivity contribution is 6.31. The largest absolute Gasteiger partial charge is 0.506 e. The van der Waals surface area contributed by atoms with E-state index in [0.29, 0.717) is 21.5 Å². The van der Waals surface area contributed by atoms with Gasteiger partial charge in [-0.25, -0.2) is 0 Å². The van der Waals surface area contributed by atoms with E-state index in [0.717, 1.165) is 0 Å². The minimum Gasteiger partial charge on any atom is -0.506 e. The Hall–Kier alpha value is -2.26. The van der Waals surface area contributed by atoms with Crippen molar-refractivity contribution in [2.24, 2.45) is 0 Å². The number of hydrogen-bond donors (Lipinski definition) is 2. The molecule has 0 aliphatic heterocycles. The molecule has 0 aliphatic rings. The smallest absolute Gasteiger partial charge is 0.260 e. The second-order valence-electron chi connectivity index (χ2n) is 4.23. The summed E-state index contributed by atoms with van der Waals surface area (Å²) in [4.78, 5) is 14.8. The van der Waals surface area contributed by atoms with Crippen LogP contribution in [0.15, 0.2) is 53.3 Å². The van der Waals surface area contributed by atoms with E-state index in [1.807, 2.05) is 18.2 Å². The van der Waals surface area contributed by atoms with Gasteiger partial charge in [0.2, 0.25) is 0 Å². The van der Waals surface area contributed by atoms with Crippen molar-refractivity contribution in [3.05, 3.63) is 63.9 Å². The normalized spacial score (nSPS) is 10.8. The van der Waals surface area contributed by atoms with E-state index in [2.05, 4.69) is 4.98 Å². The number of aromatic amines is 1. The summed E-state index contributed by atoms with van der Waals surface area (Å²) < 4.78 is 0. The fourth-order valence-corrected chi connectivity index (χ4v) is 2.30. The van der Waals surface area contributed by atoms with Crippen LogP contribution in [0.5, 0.6) is 5.75 Å². The minimum absolute atomic E-state index is 0.0263. The van der Waals surface area contributed by atoms with Gasteiger partial charge in [-0.2, -0.15) is 0 Å². The number of aromatic hydroxyl groups is 1. The summed E-state index contributed by atoms with van der Waals surface area (Å²) in [5.41, 5.74) is 1.14. The molecule has 0 saturated heterocycles. The van der Waals surface area contributed by atoms with E-state index in [9.17, 15) is 9.90 Å². The summed E-state index contributed by atoms with van der Waals surface area (Å²) in [5, 5.41) is 11.4. The number of hydrogen-bond acceptors (Lipinski definition) is 2. The van der Waals surface area contributed by atoms with Crippen molar-refractivity contribution in [3.63, 3.8) is 0 Å². The Morgan fingerprint density at radius 2 is 1.79 bits per heavy atom. The zero-order valence-corrected chi connectivity index (χ0v) is 10.6. The third-order valence-electron chi connectivity index (χ3n) is 3.01. The van der Waals surface area contributed by atoms with E-state index >= 15 is 0 Å². The Balaban J connectivity index is 2.39. The van der Waals surface area contributed by atoms with Crippen molar-refractivity contribution in [1.29, 1.82) is 0 Å². The number of rotatable bonds is 1. The van der Waals surface area contributed by atoms with Gasteiger partial charge in [0.1, 0.15) is 5.75 Å². The van der Waals surface area contributed by atoms with Gasteiger partial charge in [0, 0.05) is 10.4 Å². The summed E-state index contributed by atoms with van der Waals surface area (Å²) in [5.74, 6) is -0.0263. The van der Waals surface area contributed by atoms with Crippen LogP contribution >= 0.6 is 11.6 Å². The van der Waals surface area contributed by atoms with Gasteiger partial charge in [0.05, 0.1) is 11.1 Å². The van der Waals surface area contributed by atoms with Crippen LogP contribution in [0.1, 0.15) is 0 Å². The lowest BCUT2D eigenvalue weighted by atomic mass is 10.0. The number of aromatic nitrogens is 1. The molecule has 3 rings (SSSR count). The molecule has 94 valence electrons. The van der Waals surface area contributed by atoms with Crippen molar-refractivity contribution in [3.8, 4) is 16.9 Å². The highest BCUT2D eigenvalue weighted by Crippen LogP contribution is 2.32. The van der Waals surface area contributed by atoms with E-state index in [1.54, 1.807) is 30.3 Å². The molecule has 3 nitrogen and oxygen atoms in total. The Labute approximate surface area is 114 Å². The Kier molecular flexibility index (Phi) is 2.76. The molecule has 2 N–H and O–H groups in total. The maximum absolute atomic E-state index is 12.1. The van der Waals surface area contributed by atoms with Gasteiger partial charge in [-0.05, 0) is 23.8 Å². The molecule has 0 bridgehead atoms. The van der Waals surface area contributed by atoms with Gasteiger partial charge in [-0.3, -0.25) is 4.79 Å². The monoisotopic (exact) mass is 271 g/mol. The predicted octanol–water partition coefficient (Wildman–Crippen LogP) is 3.55. The Bertz CT molecular complexity index is 809. The lowest BCUT2D eigenvalue weighted by molar-refractivity contribution is 0.482.